The Labute approximate surface area is 148 Å². The normalized spacial score (nSPS) is 21.6. The highest BCUT2D eigenvalue weighted by Gasteiger charge is 2.54. The molecule has 2 amide bonds. The Hall–Kier alpha value is -2.79. The molecule has 1 aromatic heterocycles. The van der Waals surface area contributed by atoms with Crippen LogP contribution >= 0.6 is 11.6 Å². The molecule has 1 atom stereocenters. The lowest BCUT2D eigenvalue weighted by Gasteiger charge is -2.26. The minimum Gasteiger partial charge on any atom is -0.361 e. The highest BCUT2D eigenvalue weighted by Crippen LogP contribution is 2.52. The Morgan fingerprint density at radius 3 is 2.84 bits per heavy atom. The molecule has 0 fully saturated rings. The van der Waals surface area contributed by atoms with Gasteiger partial charge in [0.2, 0.25) is 11.8 Å². The summed E-state index contributed by atoms with van der Waals surface area (Å²) in [4.78, 5) is 30.9. The van der Waals surface area contributed by atoms with Crippen LogP contribution in [-0.4, -0.2) is 23.8 Å². The molecular formula is C19H14ClN3O2. The quantitative estimate of drug-likeness (QED) is 0.651. The predicted octanol–water partition coefficient (Wildman–Crippen LogP) is 3.43. The molecule has 5 rings (SSSR count). The third-order valence-electron chi connectivity index (χ3n) is 5.31. The van der Waals surface area contributed by atoms with Crippen LogP contribution in [0.1, 0.15) is 17.5 Å². The fraction of sp³-hybridized carbons (Fsp3) is 0.158. The number of aromatic amines is 1. The molecule has 25 heavy (non-hydrogen) atoms. The van der Waals surface area contributed by atoms with E-state index in [9.17, 15) is 9.59 Å². The molecule has 2 aliphatic heterocycles. The maximum absolute atomic E-state index is 13.4. The van der Waals surface area contributed by atoms with E-state index in [4.69, 9.17) is 11.6 Å². The van der Waals surface area contributed by atoms with Gasteiger partial charge in [0, 0.05) is 46.8 Å². The number of rotatable bonds is 0. The van der Waals surface area contributed by atoms with Crippen LogP contribution in [0.4, 0.5) is 11.4 Å². The number of hydrogen-bond acceptors (Lipinski definition) is 2. The smallest absolute Gasteiger partial charge is 0.242 e. The van der Waals surface area contributed by atoms with Crippen LogP contribution in [0.15, 0.2) is 42.6 Å². The molecule has 1 spiro atoms. The van der Waals surface area contributed by atoms with Crippen LogP contribution < -0.4 is 10.2 Å². The Morgan fingerprint density at radius 2 is 2.00 bits per heavy atom. The van der Waals surface area contributed by atoms with Gasteiger partial charge >= 0.3 is 0 Å². The van der Waals surface area contributed by atoms with Gasteiger partial charge in [-0.05, 0) is 35.9 Å². The SMILES string of the molecule is CN1C(=O)C2(CC(=O)Nc3cccc4[nH]cc2c34)c2cc(Cl)ccc21. The van der Waals surface area contributed by atoms with Gasteiger partial charge in [0.15, 0.2) is 0 Å². The number of hydrogen-bond donors (Lipinski definition) is 2. The fourth-order valence-corrected chi connectivity index (χ4v) is 4.41. The first-order valence-electron chi connectivity index (χ1n) is 8.01. The van der Waals surface area contributed by atoms with Crippen LogP contribution in [0.5, 0.6) is 0 Å². The molecule has 0 saturated heterocycles. The summed E-state index contributed by atoms with van der Waals surface area (Å²) in [5.74, 6) is -0.296. The number of likely N-dealkylation sites (N-methyl/N-ethyl adjacent to an activating group) is 1. The minimum atomic E-state index is -1.07. The van der Waals surface area contributed by atoms with Gasteiger partial charge in [-0.1, -0.05) is 17.7 Å². The molecule has 0 saturated carbocycles. The average Bonchev–Trinajstić information content (AvgIpc) is 3.06. The highest BCUT2D eigenvalue weighted by atomic mass is 35.5. The minimum absolute atomic E-state index is 0.0468. The lowest BCUT2D eigenvalue weighted by molar-refractivity contribution is -0.125. The molecule has 0 bridgehead atoms. The highest BCUT2D eigenvalue weighted by molar-refractivity contribution is 6.31. The molecule has 5 nitrogen and oxygen atoms in total. The van der Waals surface area contributed by atoms with E-state index in [0.29, 0.717) is 5.02 Å². The van der Waals surface area contributed by atoms with Crippen LogP contribution in [0, 0.1) is 0 Å². The summed E-state index contributed by atoms with van der Waals surface area (Å²) < 4.78 is 0. The number of carbonyl (C=O) groups excluding carboxylic acids is 2. The van der Waals surface area contributed by atoms with Gasteiger partial charge in [-0.3, -0.25) is 9.59 Å². The number of nitrogens with zero attached hydrogens (tertiary/aromatic N) is 1. The number of halogens is 1. The summed E-state index contributed by atoms with van der Waals surface area (Å²) in [5.41, 5.74) is 2.93. The molecule has 1 unspecified atom stereocenters. The number of anilines is 2. The van der Waals surface area contributed by atoms with Gasteiger partial charge in [-0.15, -0.1) is 0 Å². The van der Waals surface area contributed by atoms with Gasteiger partial charge in [0.1, 0.15) is 5.41 Å². The van der Waals surface area contributed by atoms with E-state index in [2.05, 4.69) is 10.3 Å². The first kappa shape index (κ1) is 14.5. The molecule has 2 N–H and O–H groups in total. The standard InChI is InChI=1S/C19H14ClN3O2/c1-23-15-6-5-10(20)7-11(15)19(18(23)25)8-16(24)22-14-4-2-3-13-17(14)12(19)9-21-13/h2-7,9,21H,8H2,1H3,(H,22,24). The van der Waals surface area contributed by atoms with Crippen molar-refractivity contribution in [2.75, 3.05) is 17.3 Å². The van der Waals surface area contributed by atoms with Gasteiger partial charge in [-0.25, -0.2) is 0 Å². The maximum Gasteiger partial charge on any atom is 0.242 e. The molecule has 0 radical (unpaired) electrons. The molecule has 0 aliphatic carbocycles. The summed E-state index contributed by atoms with van der Waals surface area (Å²) in [6, 6.07) is 11.1. The van der Waals surface area contributed by atoms with Crippen molar-refractivity contribution in [3.05, 3.63) is 58.7 Å². The third kappa shape index (κ3) is 1.68. The van der Waals surface area contributed by atoms with Crippen LogP contribution in [0.25, 0.3) is 10.9 Å². The maximum atomic E-state index is 13.4. The molecule has 6 heteroatoms. The van der Waals surface area contributed by atoms with E-state index in [1.165, 1.54) is 0 Å². The number of H-pyrrole nitrogens is 1. The largest absolute Gasteiger partial charge is 0.361 e. The van der Waals surface area contributed by atoms with E-state index in [-0.39, 0.29) is 18.2 Å². The molecule has 3 aromatic rings. The van der Waals surface area contributed by atoms with Gasteiger partial charge in [0.25, 0.3) is 0 Å². The van der Waals surface area contributed by atoms with E-state index in [1.807, 2.05) is 30.5 Å². The van der Waals surface area contributed by atoms with Gasteiger partial charge in [0.05, 0.1) is 5.69 Å². The molecular weight excluding hydrogens is 338 g/mol. The van der Waals surface area contributed by atoms with E-state index < -0.39 is 5.41 Å². The van der Waals surface area contributed by atoms with Crippen molar-refractivity contribution >= 4 is 45.7 Å². The van der Waals surface area contributed by atoms with E-state index in [1.54, 1.807) is 24.1 Å². The van der Waals surface area contributed by atoms with Crippen LogP contribution in [-0.2, 0) is 15.0 Å². The zero-order chi connectivity index (χ0) is 17.3. The number of amides is 2. The summed E-state index contributed by atoms with van der Waals surface area (Å²) in [6.45, 7) is 0. The zero-order valence-corrected chi connectivity index (χ0v) is 14.1. The molecule has 2 aliphatic rings. The van der Waals surface area contributed by atoms with Crippen molar-refractivity contribution in [1.82, 2.24) is 4.98 Å². The Bertz CT molecular complexity index is 1090. The van der Waals surface area contributed by atoms with E-state index in [0.717, 1.165) is 33.4 Å². The average molecular weight is 352 g/mol. The van der Waals surface area contributed by atoms with Crippen molar-refractivity contribution in [2.24, 2.45) is 0 Å². The monoisotopic (exact) mass is 351 g/mol. The fourth-order valence-electron chi connectivity index (χ4n) is 4.24. The second-order valence-corrected chi connectivity index (χ2v) is 7.02. The predicted molar refractivity (Wildman–Crippen MR) is 97.2 cm³/mol. The third-order valence-corrected chi connectivity index (χ3v) is 5.55. The number of fused-ring (bicyclic) bond motifs is 3. The van der Waals surface area contributed by atoms with Crippen molar-refractivity contribution in [3.63, 3.8) is 0 Å². The van der Waals surface area contributed by atoms with Crippen molar-refractivity contribution < 1.29 is 9.59 Å². The Kier molecular flexibility index (Phi) is 2.70. The lowest BCUT2D eigenvalue weighted by Crippen LogP contribution is -2.41. The van der Waals surface area contributed by atoms with Crippen LogP contribution in [0.2, 0.25) is 5.02 Å². The first-order chi connectivity index (χ1) is 12.0. The van der Waals surface area contributed by atoms with Crippen LogP contribution in [0.3, 0.4) is 0 Å². The van der Waals surface area contributed by atoms with Crippen molar-refractivity contribution in [2.45, 2.75) is 11.8 Å². The molecule has 124 valence electrons. The van der Waals surface area contributed by atoms with Crippen molar-refractivity contribution in [1.29, 1.82) is 0 Å². The lowest BCUT2D eigenvalue weighted by atomic mass is 9.73. The summed E-state index contributed by atoms with van der Waals surface area (Å²) in [5, 5.41) is 4.37. The summed E-state index contributed by atoms with van der Waals surface area (Å²) in [6.07, 6.45) is 1.89. The number of nitrogens with one attached hydrogen (secondary N) is 2. The Balaban J connectivity index is 1.94. The topological polar surface area (TPSA) is 65.2 Å². The molecule has 3 heterocycles. The number of benzene rings is 2. The zero-order valence-electron chi connectivity index (χ0n) is 13.4. The number of aromatic nitrogens is 1. The second-order valence-electron chi connectivity index (χ2n) is 6.59. The second kappa shape index (κ2) is 4.64. The molecule has 2 aromatic carbocycles. The van der Waals surface area contributed by atoms with E-state index >= 15 is 0 Å². The Morgan fingerprint density at radius 1 is 1.16 bits per heavy atom. The summed E-state index contributed by atoms with van der Waals surface area (Å²) in [7, 11) is 1.74. The first-order valence-corrected chi connectivity index (χ1v) is 8.39. The van der Waals surface area contributed by atoms with Crippen molar-refractivity contribution in [3.8, 4) is 0 Å². The van der Waals surface area contributed by atoms with Gasteiger partial charge < -0.3 is 15.2 Å². The summed E-state index contributed by atoms with van der Waals surface area (Å²) >= 11 is 6.24. The van der Waals surface area contributed by atoms with Gasteiger partial charge in [-0.2, -0.15) is 0 Å². The number of carbonyl (C=O) groups is 2.